The molecule has 0 bridgehead atoms. The molecule has 16 heavy (non-hydrogen) atoms. The second-order valence-corrected chi connectivity index (χ2v) is 4.11. The van der Waals surface area contributed by atoms with Gasteiger partial charge in [0.1, 0.15) is 5.82 Å². The molecule has 1 fully saturated rings. The molecule has 5 heteroatoms. The lowest BCUT2D eigenvalue weighted by Crippen LogP contribution is -2.09. The average molecular weight is 240 g/mol. The molecule has 1 atom stereocenters. The zero-order valence-electron chi connectivity index (χ0n) is 9.18. The molecule has 0 unspecified atom stereocenters. The molecule has 1 saturated carbocycles. The molecule has 4 nitrogen and oxygen atoms in total. The zero-order valence-corrected chi connectivity index (χ0v) is 10.2. The van der Waals surface area contributed by atoms with Gasteiger partial charge in [0.2, 0.25) is 0 Å². The largest absolute Gasteiger partial charge is 0.481 e. The molecule has 0 radical (unpaired) electrons. The van der Waals surface area contributed by atoms with Gasteiger partial charge in [0.05, 0.1) is 6.42 Å². The number of carbonyl (C=O) groups is 1. The van der Waals surface area contributed by atoms with Gasteiger partial charge in [-0.15, -0.1) is 0 Å². The van der Waals surface area contributed by atoms with E-state index in [0.29, 0.717) is 5.92 Å². The van der Waals surface area contributed by atoms with Gasteiger partial charge in [-0.25, -0.2) is 9.97 Å². The lowest BCUT2D eigenvalue weighted by atomic mass is 9.93. The summed E-state index contributed by atoms with van der Waals surface area (Å²) in [6, 6.07) is 0. The number of nitrogens with zero attached hydrogens (tertiary/aromatic N) is 2. The number of rotatable bonds is 4. The first-order chi connectivity index (χ1) is 7.16. The summed E-state index contributed by atoms with van der Waals surface area (Å²) in [5.74, 6) is 0.603. The van der Waals surface area contributed by atoms with Crippen LogP contribution in [0.2, 0.25) is 0 Å². The number of aryl methyl sites for hydroxylation is 1. The van der Waals surface area contributed by atoms with Gasteiger partial charge in [0.25, 0.3) is 0 Å². The van der Waals surface area contributed by atoms with Crippen molar-refractivity contribution in [2.75, 3.05) is 0 Å². The van der Waals surface area contributed by atoms with Gasteiger partial charge in [-0.2, -0.15) is 13.5 Å². The number of hydrogen-bond donors (Lipinski definition) is 1. The van der Waals surface area contributed by atoms with Crippen molar-refractivity contribution in [3.63, 3.8) is 0 Å². The predicted octanol–water partition coefficient (Wildman–Crippen LogP) is 1.87. The minimum absolute atomic E-state index is 0. The fourth-order valence-corrected chi connectivity index (χ4v) is 1.84. The standard InChI is InChI=1S/C11H14N2O2.H2S/c1-7-12-5-9(6-13-7)10(4-11(14)15)8-2-3-8;/h5-6,8,10H,2-4H2,1H3,(H,14,15);1H2/t10-;/m0./s1. The smallest absolute Gasteiger partial charge is 0.303 e. The number of hydrogen-bond acceptors (Lipinski definition) is 3. The minimum Gasteiger partial charge on any atom is -0.481 e. The van der Waals surface area contributed by atoms with Gasteiger partial charge in [-0.3, -0.25) is 4.79 Å². The summed E-state index contributed by atoms with van der Waals surface area (Å²) in [6.45, 7) is 1.83. The highest BCUT2D eigenvalue weighted by atomic mass is 32.1. The Bertz CT molecular complexity index is 363. The molecule has 0 saturated heterocycles. The highest BCUT2D eigenvalue weighted by molar-refractivity contribution is 7.59. The second kappa shape index (κ2) is 5.30. The molecule has 1 aliphatic rings. The molecule has 1 aliphatic carbocycles. The van der Waals surface area contributed by atoms with Crippen LogP contribution in [0.15, 0.2) is 12.4 Å². The van der Waals surface area contributed by atoms with Crippen LogP contribution in [0.5, 0.6) is 0 Å². The summed E-state index contributed by atoms with van der Waals surface area (Å²) in [5, 5.41) is 8.84. The maximum Gasteiger partial charge on any atom is 0.303 e. The van der Waals surface area contributed by atoms with E-state index >= 15 is 0 Å². The lowest BCUT2D eigenvalue weighted by Gasteiger charge is -2.13. The Morgan fingerprint density at radius 3 is 2.50 bits per heavy atom. The van der Waals surface area contributed by atoms with E-state index in [9.17, 15) is 4.79 Å². The Hall–Kier alpha value is -1.10. The van der Waals surface area contributed by atoms with E-state index < -0.39 is 5.97 Å². The van der Waals surface area contributed by atoms with Crippen molar-refractivity contribution in [2.45, 2.75) is 32.1 Å². The van der Waals surface area contributed by atoms with E-state index in [0.717, 1.165) is 24.2 Å². The topological polar surface area (TPSA) is 63.1 Å². The van der Waals surface area contributed by atoms with E-state index in [-0.39, 0.29) is 25.8 Å². The van der Waals surface area contributed by atoms with Gasteiger partial charge >= 0.3 is 5.97 Å². The normalized spacial score (nSPS) is 16.3. The monoisotopic (exact) mass is 240 g/mol. The van der Waals surface area contributed by atoms with Crippen molar-refractivity contribution in [2.24, 2.45) is 5.92 Å². The van der Waals surface area contributed by atoms with Gasteiger partial charge in [-0.05, 0) is 31.2 Å². The summed E-state index contributed by atoms with van der Waals surface area (Å²) >= 11 is 0. The summed E-state index contributed by atoms with van der Waals surface area (Å²) in [6.07, 6.45) is 5.97. The first kappa shape index (κ1) is 13.0. The second-order valence-electron chi connectivity index (χ2n) is 4.11. The third kappa shape index (κ3) is 3.20. The summed E-state index contributed by atoms with van der Waals surface area (Å²) in [5.41, 5.74) is 0.963. The first-order valence-corrected chi connectivity index (χ1v) is 5.17. The fourth-order valence-electron chi connectivity index (χ4n) is 1.84. The molecular formula is C11H16N2O2S. The van der Waals surface area contributed by atoms with Crippen molar-refractivity contribution < 1.29 is 9.90 Å². The van der Waals surface area contributed by atoms with Gasteiger partial charge < -0.3 is 5.11 Å². The quantitative estimate of drug-likeness (QED) is 0.872. The van der Waals surface area contributed by atoms with Crippen LogP contribution in [0, 0.1) is 12.8 Å². The molecule has 1 heterocycles. The molecule has 1 N–H and O–H groups in total. The van der Waals surface area contributed by atoms with Crippen LogP contribution in [-0.2, 0) is 4.79 Å². The van der Waals surface area contributed by atoms with E-state index in [1.54, 1.807) is 12.4 Å². The molecule has 1 aromatic heterocycles. The van der Waals surface area contributed by atoms with Crippen molar-refractivity contribution in [1.29, 1.82) is 0 Å². The van der Waals surface area contributed by atoms with Crippen LogP contribution >= 0.6 is 13.5 Å². The third-order valence-electron chi connectivity index (χ3n) is 2.81. The van der Waals surface area contributed by atoms with Gasteiger partial charge in [0.15, 0.2) is 0 Å². The van der Waals surface area contributed by atoms with Gasteiger partial charge in [-0.1, -0.05) is 0 Å². The third-order valence-corrected chi connectivity index (χ3v) is 2.81. The maximum absolute atomic E-state index is 10.7. The lowest BCUT2D eigenvalue weighted by molar-refractivity contribution is -0.137. The van der Waals surface area contributed by atoms with E-state index in [4.69, 9.17) is 5.11 Å². The zero-order chi connectivity index (χ0) is 10.8. The number of aromatic nitrogens is 2. The van der Waals surface area contributed by atoms with Crippen molar-refractivity contribution in [3.8, 4) is 0 Å². The van der Waals surface area contributed by atoms with E-state index in [1.807, 2.05) is 6.92 Å². The Kier molecular flexibility index (Phi) is 4.29. The molecule has 0 amide bonds. The van der Waals surface area contributed by atoms with Crippen LogP contribution < -0.4 is 0 Å². The molecular weight excluding hydrogens is 224 g/mol. The van der Waals surface area contributed by atoms with Crippen LogP contribution in [0.3, 0.4) is 0 Å². The SMILES string of the molecule is Cc1ncc([C@@H](CC(=O)O)C2CC2)cn1.S. The van der Waals surface area contributed by atoms with Crippen LogP contribution in [0.1, 0.15) is 36.6 Å². The molecule has 0 aromatic carbocycles. The van der Waals surface area contributed by atoms with E-state index in [1.165, 1.54) is 0 Å². The van der Waals surface area contributed by atoms with Gasteiger partial charge in [0, 0.05) is 18.3 Å². The van der Waals surface area contributed by atoms with Crippen molar-refractivity contribution in [3.05, 3.63) is 23.8 Å². The average Bonchev–Trinajstić information content (AvgIpc) is 2.99. The number of carboxylic acid groups (broad SMARTS) is 1. The molecule has 2 rings (SSSR count). The Morgan fingerprint density at radius 1 is 1.50 bits per heavy atom. The molecule has 0 spiro atoms. The van der Waals surface area contributed by atoms with Crippen molar-refractivity contribution in [1.82, 2.24) is 9.97 Å². The van der Waals surface area contributed by atoms with E-state index in [2.05, 4.69) is 9.97 Å². The minimum atomic E-state index is -0.743. The number of aliphatic carboxylic acids is 1. The predicted molar refractivity (Wildman–Crippen MR) is 64.9 cm³/mol. The first-order valence-electron chi connectivity index (χ1n) is 5.17. The molecule has 88 valence electrons. The maximum atomic E-state index is 10.7. The van der Waals surface area contributed by atoms with Crippen LogP contribution in [0.25, 0.3) is 0 Å². The molecule has 0 aliphatic heterocycles. The number of carboxylic acids is 1. The fraction of sp³-hybridized carbons (Fsp3) is 0.545. The Morgan fingerprint density at radius 2 is 2.06 bits per heavy atom. The molecule has 1 aromatic rings. The Labute approximate surface area is 102 Å². The highest BCUT2D eigenvalue weighted by Crippen LogP contribution is 2.44. The van der Waals surface area contributed by atoms with Crippen LogP contribution in [0.4, 0.5) is 0 Å². The highest BCUT2D eigenvalue weighted by Gasteiger charge is 2.34. The summed E-state index contributed by atoms with van der Waals surface area (Å²) in [4.78, 5) is 19.0. The summed E-state index contributed by atoms with van der Waals surface area (Å²) in [7, 11) is 0. The summed E-state index contributed by atoms with van der Waals surface area (Å²) < 4.78 is 0. The van der Waals surface area contributed by atoms with Crippen molar-refractivity contribution >= 4 is 19.5 Å². The van der Waals surface area contributed by atoms with Crippen LogP contribution in [-0.4, -0.2) is 21.0 Å². The Balaban J connectivity index is 0.00000128.